The molecule has 1 atom stereocenters. The Morgan fingerprint density at radius 3 is 2.38 bits per heavy atom. The van der Waals surface area contributed by atoms with Gasteiger partial charge in [0.05, 0.1) is 12.0 Å². The van der Waals surface area contributed by atoms with Crippen LogP contribution in [0.5, 0.6) is 0 Å². The van der Waals surface area contributed by atoms with E-state index >= 15 is 0 Å². The number of benzene rings is 1. The number of nitrogens with one attached hydrogen (secondary N) is 1. The van der Waals surface area contributed by atoms with E-state index in [-0.39, 0.29) is 23.8 Å². The van der Waals surface area contributed by atoms with Crippen LogP contribution in [0.1, 0.15) is 55.6 Å². The summed E-state index contributed by atoms with van der Waals surface area (Å²) in [5.41, 5.74) is -0.893. The first-order valence-electron chi connectivity index (χ1n) is 7.46. The molecule has 0 aliphatic heterocycles. The summed E-state index contributed by atoms with van der Waals surface area (Å²) in [6.45, 7) is 5.40. The zero-order valence-corrected chi connectivity index (χ0v) is 13.5. The van der Waals surface area contributed by atoms with E-state index in [1.807, 2.05) is 13.8 Å². The van der Waals surface area contributed by atoms with Gasteiger partial charge in [-0.15, -0.1) is 10.2 Å². The summed E-state index contributed by atoms with van der Waals surface area (Å²) in [6, 6.07) is 4.42. The molecule has 1 N–H and O–H groups in total. The van der Waals surface area contributed by atoms with Crippen molar-refractivity contribution in [2.24, 2.45) is 0 Å². The third-order valence-electron chi connectivity index (χ3n) is 3.37. The summed E-state index contributed by atoms with van der Waals surface area (Å²) in [5, 5.41) is 10.3. The van der Waals surface area contributed by atoms with E-state index in [1.54, 1.807) is 6.92 Å². The number of alkyl halides is 3. The first kappa shape index (κ1) is 18.0. The third kappa shape index (κ3) is 4.33. The fourth-order valence-electron chi connectivity index (χ4n) is 2.13. The number of hydrogen-bond acceptors (Lipinski definition) is 4. The van der Waals surface area contributed by atoms with Crippen LogP contribution in [-0.2, 0) is 17.4 Å². The lowest BCUT2D eigenvalue weighted by molar-refractivity contribution is -0.138. The molecular weight excluding hydrogens is 323 g/mol. The highest BCUT2D eigenvalue weighted by atomic mass is 19.4. The normalized spacial score (nSPS) is 13.1. The molecule has 1 aromatic heterocycles. The quantitative estimate of drug-likeness (QED) is 0.902. The number of carbonyl (C=O) groups excluding carboxylic acids is 1. The molecule has 2 aromatic rings. The molecule has 0 radical (unpaired) electrons. The van der Waals surface area contributed by atoms with Crippen molar-refractivity contribution in [2.75, 3.05) is 0 Å². The van der Waals surface area contributed by atoms with Gasteiger partial charge in [0.15, 0.2) is 0 Å². The zero-order valence-electron chi connectivity index (χ0n) is 13.5. The second-order valence-electron chi connectivity index (χ2n) is 5.75. The largest absolute Gasteiger partial charge is 0.423 e. The maximum absolute atomic E-state index is 12.9. The van der Waals surface area contributed by atoms with E-state index in [0.29, 0.717) is 5.89 Å². The molecule has 0 saturated carbocycles. The minimum atomic E-state index is -4.50. The van der Waals surface area contributed by atoms with E-state index in [1.165, 1.54) is 18.2 Å². The molecule has 24 heavy (non-hydrogen) atoms. The van der Waals surface area contributed by atoms with Crippen LogP contribution >= 0.6 is 0 Å². The molecule has 2 rings (SSSR count). The van der Waals surface area contributed by atoms with Crippen molar-refractivity contribution in [3.05, 3.63) is 47.2 Å². The van der Waals surface area contributed by atoms with Crippen LogP contribution in [0.25, 0.3) is 0 Å². The van der Waals surface area contributed by atoms with E-state index in [2.05, 4.69) is 15.5 Å². The Kier molecular flexibility index (Phi) is 5.26. The number of aromatic nitrogens is 2. The van der Waals surface area contributed by atoms with Gasteiger partial charge in [0.25, 0.3) is 0 Å². The van der Waals surface area contributed by atoms with Gasteiger partial charge >= 0.3 is 6.18 Å². The fourth-order valence-corrected chi connectivity index (χ4v) is 2.13. The summed E-state index contributed by atoms with van der Waals surface area (Å²) >= 11 is 0. The number of hydrogen-bond donors (Lipinski definition) is 1. The molecule has 0 aliphatic rings. The van der Waals surface area contributed by atoms with Gasteiger partial charge in [-0.3, -0.25) is 4.79 Å². The maximum atomic E-state index is 12.9. The van der Waals surface area contributed by atoms with Crippen LogP contribution in [0.15, 0.2) is 28.7 Å². The van der Waals surface area contributed by atoms with Crippen molar-refractivity contribution >= 4 is 5.91 Å². The average molecular weight is 341 g/mol. The molecule has 8 heteroatoms. The Morgan fingerprint density at radius 2 is 1.79 bits per heavy atom. The molecule has 5 nitrogen and oxygen atoms in total. The van der Waals surface area contributed by atoms with Crippen molar-refractivity contribution in [1.82, 2.24) is 15.5 Å². The van der Waals surface area contributed by atoms with E-state index < -0.39 is 23.7 Å². The van der Waals surface area contributed by atoms with Crippen molar-refractivity contribution in [3.63, 3.8) is 0 Å². The number of halogens is 3. The van der Waals surface area contributed by atoms with Crippen molar-refractivity contribution < 1.29 is 22.4 Å². The SMILES string of the molecule is CC(C)c1nnc(C(C)NC(=O)Cc2ccccc2C(F)(F)F)o1. The molecule has 0 fully saturated rings. The van der Waals surface area contributed by atoms with Gasteiger partial charge in [-0.2, -0.15) is 13.2 Å². The van der Waals surface area contributed by atoms with Crippen LogP contribution in [0.4, 0.5) is 13.2 Å². The van der Waals surface area contributed by atoms with Gasteiger partial charge < -0.3 is 9.73 Å². The number of rotatable bonds is 5. The molecule has 1 aromatic carbocycles. The van der Waals surface area contributed by atoms with Gasteiger partial charge in [0.1, 0.15) is 6.04 Å². The van der Waals surface area contributed by atoms with Gasteiger partial charge in [-0.05, 0) is 18.6 Å². The Morgan fingerprint density at radius 1 is 1.17 bits per heavy atom. The second kappa shape index (κ2) is 7.02. The highest BCUT2D eigenvalue weighted by molar-refractivity contribution is 5.79. The zero-order chi connectivity index (χ0) is 17.9. The predicted molar refractivity (Wildman–Crippen MR) is 80.1 cm³/mol. The third-order valence-corrected chi connectivity index (χ3v) is 3.37. The highest BCUT2D eigenvalue weighted by Crippen LogP contribution is 2.32. The maximum Gasteiger partial charge on any atom is 0.416 e. The van der Waals surface area contributed by atoms with Gasteiger partial charge in [0.2, 0.25) is 17.7 Å². The van der Waals surface area contributed by atoms with Crippen molar-refractivity contribution in [3.8, 4) is 0 Å². The molecule has 1 amide bonds. The average Bonchev–Trinajstić information content (AvgIpc) is 2.96. The second-order valence-corrected chi connectivity index (χ2v) is 5.75. The van der Waals surface area contributed by atoms with Gasteiger partial charge in [-0.1, -0.05) is 32.0 Å². The predicted octanol–water partition coefficient (Wildman–Crippen LogP) is 3.63. The standard InChI is InChI=1S/C16H18F3N3O2/c1-9(2)14-21-22-15(24-14)10(3)20-13(23)8-11-6-4-5-7-12(11)16(17,18)19/h4-7,9-10H,8H2,1-3H3,(H,20,23). The lowest BCUT2D eigenvalue weighted by Crippen LogP contribution is -2.29. The lowest BCUT2D eigenvalue weighted by Gasteiger charge is -2.14. The molecule has 0 saturated heterocycles. The number of amides is 1. The van der Waals surface area contributed by atoms with Crippen LogP contribution in [-0.4, -0.2) is 16.1 Å². The molecule has 0 aliphatic carbocycles. The molecule has 1 heterocycles. The Bertz CT molecular complexity index is 711. The smallest absolute Gasteiger partial charge is 0.416 e. The first-order valence-corrected chi connectivity index (χ1v) is 7.46. The summed E-state index contributed by atoms with van der Waals surface area (Å²) in [4.78, 5) is 12.0. The molecular formula is C16H18F3N3O2. The highest BCUT2D eigenvalue weighted by Gasteiger charge is 2.33. The summed E-state index contributed by atoms with van der Waals surface area (Å²) in [5.74, 6) is 0.154. The van der Waals surface area contributed by atoms with E-state index in [4.69, 9.17) is 4.42 Å². The minimum absolute atomic E-state index is 0.0489. The molecule has 0 spiro atoms. The van der Waals surface area contributed by atoms with Crippen LogP contribution in [0.3, 0.4) is 0 Å². The molecule has 130 valence electrons. The Balaban J connectivity index is 2.05. The Labute approximate surface area is 137 Å². The molecule has 0 bridgehead atoms. The fraction of sp³-hybridized carbons (Fsp3) is 0.438. The van der Waals surface area contributed by atoms with Gasteiger partial charge in [0, 0.05) is 5.92 Å². The summed E-state index contributed by atoms with van der Waals surface area (Å²) < 4.78 is 44.2. The molecule has 1 unspecified atom stereocenters. The van der Waals surface area contributed by atoms with E-state index in [0.717, 1.165) is 6.07 Å². The van der Waals surface area contributed by atoms with E-state index in [9.17, 15) is 18.0 Å². The minimum Gasteiger partial charge on any atom is -0.423 e. The first-order chi connectivity index (χ1) is 11.2. The lowest BCUT2D eigenvalue weighted by atomic mass is 10.0. The summed E-state index contributed by atoms with van der Waals surface area (Å²) in [6.07, 6.45) is -4.88. The van der Waals surface area contributed by atoms with Gasteiger partial charge in [-0.25, -0.2) is 0 Å². The number of carbonyl (C=O) groups is 1. The van der Waals surface area contributed by atoms with Crippen molar-refractivity contribution in [1.29, 1.82) is 0 Å². The Hall–Kier alpha value is -2.38. The van der Waals surface area contributed by atoms with Crippen molar-refractivity contribution in [2.45, 2.75) is 45.3 Å². The topological polar surface area (TPSA) is 68.0 Å². The van der Waals surface area contributed by atoms with Crippen LogP contribution in [0.2, 0.25) is 0 Å². The van der Waals surface area contributed by atoms with Crippen LogP contribution in [0, 0.1) is 0 Å². The summed E-state index contributed by atoms with van der Waals surface area (Å²) in [7, 11) is 0. The monoisotopic (exact) mass is 341 g/mol. The number of nitrogens with zero attached hydrogens (tertiary/aromatic N) is 2. The van der Waals surface area contributed by atoms with Crippen LogP contribution < -0.4 is 5.32 Å².